The zero-order valence-corrected chi connectivity index (χ0v) is 8.35. The van der Waals surface area contributed by atoms with Gasteiger partial charge in [0.2, 0.25) is 0 Å². The number of rotatable bonds is 1. The summed E-state index contributed by atoms with van der Waals surface area (Å²) in [5, 5.41) is 8.65. The minimum absolute atomic E-state index is 0.648. The first kappa shape index (κ1) is 9.08. The van der Waals surface area contributed by atoms with Crippen LogP contribution >= 0.6 is 10.0 Å². The number of pyridine rings is 1. The lowest BCUT2D eigenvalue weighted by atomic mass is 10.3. The van der Waals surface area contributed by atoms with Gasteiger partial charge in [0.25, 0.3) is 0 Å². The monoisotopic (exact) mass is 180 g/mol. The molecule has 1 rings (SSSR count). The van der Waals surface area contributed by atoms with Crippen LogP contribution in [0.4, 0.5) is 0 Å². The minimum Gasteiger partial charge on any atom is -0.262 e. The van der Waals surface area contributed by atoms with Crippen molar-refractivity contribution >= 4 is 10.0 Å². The number of nitriles is 1. The highest BCUT2D eigenvalue weighted by atomic mass is 32.3. The van der Waals surface area contributed by atoms with E-state index < -0.39 is 10.0 Å². The molecule has 0 fully saturated rings. The standard InChI is InChI=1S/C9H12N2S/c1-12(2,3)9-4-8(5-10)6-11-7-9/h4,6-7H,1-3H3. The third-order valence-corrected chi connectivity index (χ3v) is 3.19. The Labute approximate surface area is 74.6 Å². The van der Waals surface area contributed by atoms with Crippen molar-refractivity contribution in [2.45, 2.75) is 4.90 Å². The van der Waals surface area contributed by atoms with Crippen LogP contribution in [-0.2, 0) is 0 Å². The fourth-order valence-electron chi connectivity index (χ4n) is 0.815. The number of hydrogen-bond acceptors (Lipinski definition) is 2. The molecule has 0 saturated heterocycles. The van der Waals surface area contributed by atoms with Crippen LogP contribution in [0.1, 0.15) is 5.56 Å². The average Bonchev–Trinajstić information content (AvgIpc) is 2.03. The second kappa shape index (κ2) is 3.16. The van der Waals surface area contributed by atoms with Crippen molar-refractivity contribution in [2.24, 2.45) is 0 Å². The van der Waals surface area contributed by atoms with Crippen LogP contribution in [0.5, 0.6) is 0 Å². The molecule has 0 radical (unpaired) electrons. The topological polar surface area (TPSA) is 36.7 Å². The molecule has 0 aliphatic carbocycles. The van der Waals surface area contributed by atoms with Crippen LogP contribution in [-0.4, -0.2) is 23.8 Å². The van der Waals surface area contributed by atoms with E-state index in [1.807, 2.05) is 12.3 Å². The van der Waals surface area contributed by atoms with Gasteiger partial charge in [0, 0.05) is 17.3 Å². The summed E-state index contributed by atoms with van der Waals surface area (Å²) in [6, 6.07) is 4.01. The third kappa shape index (κ3) is 1.99. The summed E-state index contributed by atoms with van der Waals surface area (Å²) >= 11 is 0. The van der Waals surface area contributed by atoms with Gasteiger partial charge in [-0.3, -0.25) is 4.98 Å². The van der Waals surface area contributed by atoms with Gasteiger partial charge in [-0.15, -0.1) is 0 Å². The van der Waals surface area contributed by atoms with E-state index in [9.17, 15) is 0 Å². The quantitative estimate of drug-likeness (QED) is 0.663. The lowest BCUT2D eigenvalue weighted by Gasteiger charge is -2.24. The molecule has 0 unspecified atom stereocenters. The molecule has 64 valence electrons. The Morgan fingerprint density at radius 2 is 2.00 bits per heavy atom. The second-order valence-corrected chi connectivity index (χ2v) is 7.50. The number of hydrogen-bond donors (Lipinski definition) is 0. The van der Waals surface area contributed by atoms with Crippen LogP contribution < -0.4 is 0 Å². The molecule has 1 aromatic heterocycles. The lowest BCUT2D eigenvalue weighted by Crippen LogP contribution is -1.94. The van der Waals surface area contributed by atoms with Crippen molar-refractivity contribution in [2.75, 3.05) is 18.8 Å². The predicted octanol–water partition coefficient (Wildman–Crippen LogP) is 2.01. The maximum atomic E-state index is 8.65. The van der Waals surface area contributed by atoms with Crippen LogP contribution in [0.3, 0.4) is 0 Å². The second-order valence-electron chi connectivity index (χ2n) is 3.36. The van der Waals surface area contributed by atoms with Crippen molar-refractivity contribution in [3.63, 3.8) is 0 Å². The molecular formula is C9H12N2S. The molecule has 0 saturated carbocycles. The van der Waals surface area contributed by atoms with E-state index >= 15 is 0 Å². The Kier molecular flexibility index (Phi) is 2.39. The molecule has 0 N–H and O–H groups in total. The molecule has 1 heterocycles. The van der Waals surface area contributed by atoms with Gasteiger partial charge in [-0.05, 0) is 24.8 Å². The van der Waals surface area contributed by atoms with Crippen LogP contribution in [0.15, 0.2) is 23.4 Å². The molecule has 0 bridgehead atoms. The highest BCUT2D eigenvalue weighted by Gasteiger charge is 2.08. The smallest absolute Gasteiger partial charge is 0.101 e. The molecular weight excluding hydrogens is 168 g/mol. The lowest BCUT2D eigenvalue weighted by molar-refractivity contribution is 1.21. The summed E-state index contributed by atoms with van der Waals surface area (Å²) in [7, 11) is -0.749. The van der Waals surface area contributed by atoms with Crippen LogP contribution in [0.2, 0.25) is 0 Å². The number of nitrogens with zero attached hydrogens (tertiary/aromatic N) is 2. The summed E-state index contributed by atoms with van der Waals surface area (Å²) in [6.07, 6.45) is 9.99. The van der Waals surface area contributed by atoms with E-state index in [-0.39, 0.29) is 0 Å². The van der Waals surface area contributed by atoms with Crippen LogP contribution in [0.25, 0.3) is 0 Å². The first-order chi connectivity index (χ1) is 5.54. The molecule has 0 amide bonds. The van der Waals surface area contributed by atoms with Gasteiger partial charge in [0.1, 0.15) is 6.07 Å². The van der Waals surface area contributed by atoms with Gasteiger partial charge >= 0.3 is 0 Å². The molecule has 0 atom stereocenters. The first-order valence-corrected chi connectivity index (χ1v) is 6.43. The summed E-state index contributed by atoms with van der Waals surface area (Å²) in [5.41, 5.74) is 0.648. The number of aromatic nitrogens is 1. The van der Waals surface area contributed by atoms with Gasteiger partial charge in [-0.2, -0.15) is 5.26 Å². The zero-order chi connectivity index (χ0) is 9.19. The largest absolute Gasteiger partial charge is 0.262 e. The Hall–Kier alpha value is -1.01. The van der Waals surface area contributed by atoms with E-state index in [4.69, 9.17) is 5.26 Å². The fourth-order valence-corrected chi connectivity index (χ4v) is 1.67. The summed E-state index contributed by atoms with van der Waals surface area (Å²) in [4.78, 5) is 5.20. The molecule has 2 nitrogen and oxygen atoms in total. The van der Waals surface area contributed by atoms with E-state index in [0.717, 1.165) is 0 Å². The summed E-state index contributed by atoms with van der Waals surface area (Å²) in [5.74, 6) is 0. The molecule has 0 aliphatic heterocycles. The Balaban J connectivity index is 3.13. The van der Waals surface area contributed by atoms with Crippen molar-refractivity contribution < 1.29 is 0 Å². The van der Waals surface area contributed by atoms with E-state index in [1.165, 1.54) is 4.90 Å². The van der Waals surface area contributed by atoms with Gasteiger partial charge in [0.05, 0.1) is 5.56 Å². The fraction of sp³-hybridized carbons (Fsp3) is 0.333. The summed E-state index contributed by atoms with van der Waals surface area (Å²) in [6.45, 7) is 0. The normalized spacial score (nSPS) is 12.2. The minimum atomic E-state index is -0.749. The highest BCUT2D eigenvalue weighted by molar-refractivity contribution is 8.32. The molecule has 3 heteroatoms. The van der Waals surface area contributed by atoms with Crippen molar-refractivity contribution in [3.8, 4) is 6.07 Å². The van der Waals surface area contributed by atoms with Crippen molar-refractivity contribution in [1.29, 1.82) is 5.26 Å². The van der Waals surface area contributed by atoms with E-state index in [0.29, 0.717) is 5.56 Å². The Bertz CT molecular complexity index is 320. The van der Waals surface area contributed by atoms with Gasteiger partial charge in [-0.1, -0.05) is 0 Å². The maximum Gasteiger partial charge on any atom is 0.101 e. The SMILES string of the molecule is CS(C)(C)c1cncc(C#N)c1. The third-order valence-electron chi connectivity index (χ3n) is 1.55. The summed E-state index contributed by atoms with van der Waals surface area (Å²) < 4.78 is 0. The molecule has 0 spiro atoms. The molecule has 0 aromatic carbocycles. The first-order valence-electron chi connectivity index (χ1n) is 3.57. The average molecular weight is 180 g/mol. The maximum absolute atomic E-state index is 8.65. The Morgan fingerprint density at radius 1 is 1.33 bits per heavy atom. The zero-order valence-electron chi connectivity index (χ0n) is 7.53. The van der Waals surface area contributed by atoms with Crippen LogP contribution in [0, 0.1) is 11.3 Å². The molecule has 12 heavy (non-hydrogen) atoms. The van der Waals surface area contributed by atoms with E-state index in [1.54, 1.807) is 6.20 Å². The van der Waals surface area contributed by atoms with Gasteiger partial charge in [0.15, 0.2) is 0 Å². The Morgan fingerprint density at radius 3 is 2.50 bits per heavy atom. The highest BCUT2D eigenvalue weighted by Crippen LogP contribution is 2.44. The van der Waals surface area contributed by atoms with Gasteiger partial charge < -0.3 is 0 Å². The predicted molar refractivity (Wildman–Crippen MR) is 52.6 cm³/mol. The van der Waals surface area contributed by atoms with Crippen molar-refractivity contribution in [1.82, 2.24) is 4.98 Å². The molecule has 0 aliphatic rings. The van der Waals surface area contributed by atoms with E-state index in [2.05, 4.69) is 29.8 Å². The molecule has 1 aromatic rings. The van der Waals surface area contributed by atoms with Gasteiger partial charge in [-0.25, -0.2) is 10.0 Å². The van der Waals surface area contributed by atoms with Crippen molar-refractivity contribution in [3.05, 3.63) is 24.0 Å².